The number of carbonyl (C=O) groups excluding carboxylic acids is 1. The molecule has 1 aliphatic carbocycles. The van der Waals surface area contributed by atoms with Crippen LogP contribution in [-0.4, -0.2) is 34.4 Å². The second-order valence-corrected chi connectivity index (χ2v) is 4.91. The van der Waals surface area contributed by atoms with Crippen molar-refractivity contribution < 1.29 is 9.21 Å². The van der Waals surface area contributed by atoms with Crippen molar-refractivity contribution in [2.75, 3.05) is 6.54 Å². The minimum absolute atomic E-state index is 0.0126. The van der Waals surface area contributed by atoms with E-state index in [1.807, 2.05) is 11.8 Å². The van der Waals surface area contributed by atoms with E-state index in [9.17, 15) is 4.79 Å². The molecule has 2 fully saturated rings. The van der Waals surface area contributed by atoms with Crippen LogP contribution in [0.2, 0.25) is 0 Å². The molecule has 1 atom stereocenters. The van der Waals surface area contributed by atoms with E-state index in [0.717, 1.165) is 18.7 Å². The summed E-state index contributed by atoms with van der Waals surface area (Å²) in [7, 11) is 0. The molecule has 1 saturated carbocycles. The van der Waals surface area contributed by atoms with Crippen LogP contribution in [0.5, 0.6) is 0 Å². The molecule has 1 aromatic rings. The van der Waals surface area contributed by atoms with Gasteiger partial charge < -0.3 is 14.6 Å². The number of oxazole rings is 1. The minimum atomic E-state index is 0.0126. The summed E-state index contributed by atoms with van der Waals surface area (Å²) in [6.45, 7) is 3.15. The first kappa shape index (κ1) is 10.8. The Morgan fingerprint density at radius 1 is 1.53 bits per heavy atom. The molecular weight excluding hydrogens is 218 g/mol. The van der Waals surface area contributed by atoms with Crippen molar-refractivity contribution >= 4 is 5.91 Å². The first-order valence-corrected chi connectivity index (χ1v) is 6.18. The number of aryl methyl sites for hydroxylation is 1. The highest BCUT2D eigenvalue weighted by Crippen LogP contribution is 2.23. The normalized spacial score (nSPS) is 24.6. The zero-order valence-corrected chi connectivity index (χ0v) is 9.98. The zero-order chi connectivity index (χ0) is 11.8. The summed E-state index contributed by atoms with van der Waals surface area (Å²) in [5.41, 5.74) is 0. The molecule has 0 aromatic carbocycles. The van der Waals surface area contributed by atoms with Gasteiger partial charge in [-0.3, -0.25) is 4.79 Å². The van der Waals surface area contributed by atoms with Crippen LogP contribution in [0.15, 0.2) is 10.6 Å². The molecule has 0 spiro atoms. The molecule has 92 valence electrons. The maximum Gasteiger partial charge on any atom is 0.240 e. The number of carbonyl (C=O) groups is 1. The summed E-state index contributed by atoms with van der Waals surface area (Å²) in [5.74, 6) is 1.61. The van der Waals surface area contributed by atoms with Gasteiger partial charge in [0.15, 0.2) is 0 Å². The lowest BCUT2D eigenvalue weighted by molar-refractivity contribution is -0.130. The quantitative estimate of drug-likeness (QED) is 0.840. The number of amides is 1. The lowest BCUT2D eigenvalue weighted by Crippen LogP contribution is -2.39. The third-order valence-electron chi connectivity index (χ3n) is 3.31. The largest absolute Gasteiger partial charge is 0.444 e. The predicted octanol–water partition coefficient (Wildman–Crippen LogP) is 0.836. The van der Waals surface area contributed by atoms with E-state index in [0.29, 0.717) is 18.5 Å². The molecule has 1 aromatic heterocycles. The van der Waals surface area contributed by atoms with Crippen LogP contribution in [0, 0.1) is 6.92 Å². The molecular formula is C12H17N3O2. The molecule has 5 heteroatoms. The number of aromatic nitrogens is 1. The van der Waals surface area contributed by atoms with Crippen LogP contribution in [0.1, 0.15) is 30.9 Å². The number of rotatable bonds is 4. The van der Waals surface area contributed by atoms with Gasteiger partial charge in [0.25, 0.3) is 0 Å². The molecule has 0 bridgehead atoms. The Kier molecular flexibility index (Phi) is 2.63. The number of nitrogens with zero attached hydrogens (tertiary/aromatic N) is 2. The van der Waals surface area contributed by atoms with Gasteiger partial charge >= 0.3 is 0 Å². The third-order valence-corrected chi connectivity index (χ3v) is 3.31. The molecule has 0 radical (unpaired) electrons. The highest BCUT2D eigenvalue weighted by Gasteiger charge is 2.35. The molecule has 1 aliphatic heterocycles. The molecule has 2 aliphatic rings. The van der Waals surface area contributed by atoms with Gasteiger partial charge in [0.1, 0.15) is 5.76 Å². The fraction of sp³-hybridized carbons (Fsp3) is 0.667. The van der Waals surface area contributed by atoms with E-state index < -0.39 is 0 Å². The van der Waals surface area contributed by atoms with Crippen LogP contribution >= 0.6 is 0 Å². The average molecular weight is 235 g/mol. The number of hydrogen-bond donors (Lipinski definition) is 1. The summed E-state index contributed by atoms with van der Waals surface area (Å²) in [6, 6.07) is 0.589. The molecule has 1 amide bonds. The SMILES string of the molecule is Cc1cnc(CN2CCC(NC3CC3)C2=O)o1. The van der Waals surface area contributed by atoms with Gasteiger partial charge in [0.2, 0.25) is 11.8 Å². The molecule has 1 unspecified atom stereocenters. The monoisotopic (exact) mass is 235 g/mol. The molecule has 2 heterocycles. The van der Waals surface area contributed by atoms with E-state index in [4.69, 9.17) is 4.42 Å². The van der Waals surface area contributed by atoms with Crippen LogP contribution in [0.3, 0.4) is 0 Å². The van der Waals surface area contributed by atoms with Crippen molar-refractivity contribution in [3.05, 3.63) is 17.8 Å². The van der Waals surface area contributed by atoms with E-state index in [1.165, 1.54) is 12.8 Å². The number of likely N-dealkylation sites (tertiary alicyclic amines) is 1. The third kappa shape index (κ3) is 2.34. The van der Waals surface area contributed by atoms with E-state index in [1.54, 1.807) is 6.20 Å². The van der Waals surface area contributed by atoms with Gasteiger partial charge in [-0.25, -0.2) is 4.98 Å². The van der Waals surface area contributed by atoms with Gasteiger partial charge in [0.05, 0.1) is 18.8 Å². The average Bonchev–Trinajstić information content (AvgIpc) is 2.94. The van der Waals surface area contributed by atoms with E-state index in [-0.39, 0.29) is 11.9 Å². The Hall–Kier alpha value is -1.36. The Bertz CT molecular complexity index is 425. The molecule has 1 N–H and O–H groups in total. The Balaban J connectivity index is 1.59. The Morgan fingerprint density at radius 2 is 2.35 bits per heavy atom. The predicted molar refractivity (Wildman–Crippen MR) is 61.2 cm³/mol. The second-order valence-electron chi connectivity index (χ2n) is 4.91. The van der Waals surface area contributed by atoms with Crippen molar-refractivity contribution in [2.24, 2.45) is 0 Å². The van der Waals surface area contributed by atoms with Crippen LogP contribution in [0.25, 0.3) is 0 Å². The van der Waals surface area contributed by atoms with Crippen molar-refractivity contribution in [3.63, 3.8) is 0 Å². The van der Waals surface area contributed by atoms with Crippen LogP contribution in [0.4, 0.5) is 0 Å². The lowest BCUT2D eigenvalue weighted by Gasteiger charge is -2.15. The zero-order valence-electron chi connectivity index (χ0n) is 9.98. The smallest absolute Gasteiger partial charge is 0.240 e. The maximum absolute atomic E-state index is 12.1. The molecule has 3 rings (SSSR count). The van der Waals surface area contributed by atoms with Crippen molar-refractivity contribution in [2.45, 2.75) is 44.8 Å². The van der Waals surface area contributed by atoms with Crippen molar-refractivity contribution in [1.29, 1.82) is 0 Å². The number of hydrogen-bond acceptors (Lipinski definition) is 4. The van der Waals surface area contributed by atoms with Gasteiger partial charge in [-0.05, 0) is 26.2 Å². The fourth-order valence-corrected chi connectivity index (χ4v) is 2.22. The van der Waals surface area contributed by atoms with Gasteiger partial charge in [-0.1, -0.05) is 0 Å². The summed E-state index contributed by atoms with van der Waals surface area (Å²) >= 11 is 0. The second kappa shape index (κ2) is 4.14. The molecule has 5 nitrogen and oxygen atoms in total. The van der Waals surface area contributed by atoms with Crippen molar-refractivity contribution in [1.82, 2.24) is 15.2 Å². The summed E-state index contributed by atoms with van der Waals surface area (Å²) in [6.07, 6.45) is 5.01. The fourth-order valence-electron chi connectivity index (χ4n) is 2.22. The van der Waals surface area contributed by atoms with Gasteiger partial charge in [-0.15, -0.1) is 0 Å². The minimum Gasteiger partial charge on any atom is -0.444 e. The maximum atomic E-state index is 12.1. The van der Waals surface area contributed by atoms with Gasteiger partial charge in [-0.2, -0.15) is 0 Å². The highest BCUT2D eigenvalue weighted by molar-refractivity contribution is 5.83. The van der Waals surface area contributed by atoms with Crippen molar-refractivity contribution in [3.8, 4) is 0 Å². The summed E-state index contributed by atoms with van der Waals surface area (Å²) < 4.78 is 5.40. The Labute approximate surface area is 100 Å². The summed E-state index contributed by atoms with van der Waals surface area (Å²) in [5, 5.41) is 3.38. The first-order valence-electron chi connectivity index (χ1n) is 6.18. The molecule has 1 saturated heterocycles. The standard InChI is InChI=1S/C12H17N3O2/c1-8-6-13-11(17-8)7-15-5-4-10(12(15)16)14-9-2-3-9/h6,9-10,14H,2-5,7H2,1H3. The van der Waals surface area contributed by atoms with Gasteiger partial charge in [0, 0.05) is 12.6 Å². The number of nitrogens with one attached hydrogen (secondary N) is 1. The first-order chi connectivity index (χ1) is 8.22. The highest BCUT2D eigenvalue weighted by atomic mass is 16.4. The van der Waals surface area contributed by atoms with Crippen LogP contribution in [-0.2, 0) is 11.3 Å². The van der Waals surface area contributed by atoms with E-state index in [2.05, 4.69) is 10.3 Å². The van der Waals surface area contributed by atoms with E-state index >= 15 is 0 Å². The molecule has 17 heavy (non-hydrogen) atoms. The lowest BCUT2D eigenvalue weighted by atomic mass is 10.2. The topological polar surface area (TPSA) is 58.4 Å². The summed E-state index contributed by atoms with van der Waals surface area (Å²) in [4.78, 5) is 18.0. The van der Waals surface area contributed by atoms with Crippen LogP contribution < -0.4 is 5.32 Å². The Morgan fingerprint density at radius 3 is 3.00 bits per heavy atom.